The molecule has 5 rings (SSSR count). The van der Waals surface area contributed by atoms with Crippen LogP contribution in [0, 0.1) is 0 Å². The second-order valence-electron chi connectivity index (χ2n) is 7.28. The van der Waals surface area contributed by atoms with E-state index in [1.165, 1.54) is 17.5 Å². The minimum absolute atomic E-state index is 0.148. The van der Waals surface area contributed by atoms with E-state index < -0.39 is 0 Å². The fourth-order valence-corrected chi connectivity index (χ4v) is 4.67. The number of carbonyl (C=O) groups is 1. The minimum atomic E-state index is 0.148. The first kappa shape index (κ1) is 14.7. The number of piperidine rings is 1. The van der Waals surface area contributed by atoms with Crippen LogP contribution in [-0.2, 0) is 13.5 Å². The molecule has 0 N–H and O–H groups in total. The first-order valence-corrected chi connectivity index (χ1v) is 9.02. The van der Waals surface area contributed by atoms with Gasteiger partial charge in [0.25, 0.3) is 5.91 Å². The molecule has 4 heteroatoms. The van der Waals surface area contributed by atoms with Crippen molar-refractivity contribution in [3.05, 3.63) is 65.5 Å². The molecular weight excluding hydrogens is 310 g/mol. The molecule has 3 aromatic rings. The molecule has 2 atom stereocenters. The third-order valence-electron chi connectivity index (χ3n) is 5.90. The molecule has 1 aromatic heterocycles. The zero-order valence-corrected chi connectivity index (χ0v) is 14.4. The standard InChI is InChI=1S/C21H21N3O/c1-23-13-22-18-11-15(8-9-19(18)23)21(25)24-10-4-7-17-16-6-3-2-5-14(16)12-20(17)24/h2-3,5-6,8-9,11,13,17,20H,4,7,10,12H2,1H3/t17-,20+/m0/s1. The van der Waals surface area contributed by atoms with Crippen molar-refractivity contribution in [3.63, 3.8) is 0 Å². The number of aromatic nitrogens is 2. The maximum absolute atomic E-state index is 13.2. The lowest BCUT2D eigenvalue weighted by molar-refractivity contribution is 0.0595. The fourth-order valence-electron chi connectivity index (χ4n) is 4.67. The summed E-state index contributed by atoms with van der Waals surface area (Å²) in [6.45, 7) is 0.855. The molecule has 2 aromatic carbocycles. The molecule has 1 amide bonds. The molecule has 0 spiro atoms. The second kappa shape index (κ2) is 5.45. The van der Waals surface area contributed by atoms with E-state index in [-0.39, 0.29) is 5.91 Å². The molecule has 126 valence electrons. The van der Waals surface area contributed by atoms with Gasteiger partial charge in [-0.05, 0) is 48.6 Å². The quantitative estimate of drug-likeness (QED) is 0.684. The Hall–Kier alpha value is -2.62. The first-order chi connectivity index (χ1) is 12.2. The van der Waals surface area contributed by atoms with Crippen LogP contribution in [0.1, 0.15) is 40.2 Å². The van der Waals surface area contributed by atoms with Crippen molar-refractivity contribution in [1.29, 1.82) is 0 Å². The lowest BCUT2D eigenvalue weighted by atomic mass is 9.88. The van der Waals surface area contributed by atoms with Crippen LogP contribution in [-0.4, -0.2) is 32.9 Å². The minimum Gasteiger partial charge on any atom is -0.335 e. The number of hydrogen-bond acceptors (Lipinski definition) is 2. The van der Waals surface area contributed by atoms with Gasteiger partial charge in [-0.1, -0.05) is 24.3 Å². The number of imidazole rings is 1. The van der Waals surface area contributed by atoms with Crippen LogP contribution in [0.4, 0.5) is 0 Å². The predicted molar refractivity (Wildman–Crippen MR) is 97.7 cm³/mol. The Kier molecular flexibility index (Phi) is 3.20. The van der Waals surface area contributed by atoms with Crippen molar-refractivity contribution in [2.75, 3.05) is 6.54 Å². The van der Waals surface area contributed by atoms with Gasteiger partial charge >= 0.3 is 0 Å². The normalized spacial score (nSPS) is 22.0. The van der Waals surface area contributed by atoms with Crippen LogP contribution in [0.15, 0.2) is 48.8 Å². The molecule has 1 aliphatic heterocycles. The smallest absolute Gasteiger partial charge is 0.254 e. The van der Waals surface area contributed by atoms with Gasteiger partial charge in [-0.3, -0.25) is 4.79 Å². The van der Waals surface area contributed by atoms with E-state index in [1.54, 1.807) is 6.33 Å². The molecule has 0 radical (unpaired) electrons. The number of nitrogens with zero attached hydrogens (tertiary/aromatic N) is 3. The Morgan fingerprint density at radius 2 is 2.08 bits per heavy atom. The first-order valence-electron chi connectivity index (χ1n) is 9.02. The molecule has 1 fully saturated rings. The lowest BCUT2D eigenvalue weighted by Crippen LogP contribution is -2.46. The highest BCUT2D eigenvalue weighted by Crippen LogP contribution is 2.42. The molecule has 2 aliphatic rings. The molecule has 4 nitrogen and oxygen atoms in total. The second-order valence-corrected chi connectivity index (χ2v) is 7.28. The van der Waals surface area contributed by atoms with E-state index in [2.05, 4.69) is 34.1 Å². The van der Waals surface area contributed by atoms with Crippen molar-refractivity contribution in [3.8, 4) is 0 Å². The van der Waals surface area contributed by atoms with E-state index in [4.69, 9.17) is 0 Å². The Morgan fingerprint density at radius 1 is 1.20 bits per heavy atom. The average Bonchev–Trinajstić information content (AvgIpc) is 3.21. The highest BCUT2D eigenvalue weighted by molar-refractivity contribution is 5.97. The number of amides is 1. The summed E-state index contributed by atoms with van der Waals surface area (Å²) < 4.78 is 1.98. The van der Waals surface area contributed by atoms with Gasteiger partial charge in [0.1, 0.15) is 0 Å². The zero-order valence-electron chi connectivity index (χ0n) is 14.4. The summed E-state index contributed by atoms with van der Waals surface area (Å²) in [5.41, 5.74) is 5.56. The van der Waals surface area contributed by atoms with E-state index in [0.29, 0.717) is 12.0 Å². The molecule has 0 unspecified atom stereocenters. The SMILES string of the molecule is Cn1cnc2cc(C(=O)N3CCC[C@H]4c5ccccc5C[C@H]43)ccc21. The van der Waals surface area contributed by atoms with E-state index >= 15 is 0 Å². The third kappa shape index (κ3) is 2.20. The molecule has 25 heavy (non-hydrogen) atoms. The molecule has 0 saturated carbocycles. The number of rotatable bonds is 1. The van der Waals surface area contributed by atoms with Gasteiger partial charge in [0.2, 0.25) is 0 Å². The highest BCUT2D eigenvalue weighted by atomic mass is 16.2. The number of likely N-dealkylation sites (tertiary alicyclic amines) is 1. The van der Waals surface area contributed by atoms with Gasteiger partial charge in [-0.15, -0.1) is 0 Å². The maximum Gasteiger partial charge on any atom is 0.254 e. The zero-order chi connectivity index (χ0) is 17.0. The van der Waals surface area contributed by atoms with Crippen molar-refractivity contribution < 1.29 is 4.79 Å². The van der Waals surface area contributed by atoms with Crippen LogP contribution >= 0.6 is 0 Å². The van der Waals surface area contributed by atoms with Gasteiger partial charge in [-0.25, -0.2) is 4.98 Å². The maximum atomic E-state index is 13.2. The molecule has 2 heterocycles. The van der Waals surface area contributed by atoms with Crippen molar-refractivity contribution >= 4 is 16.9 Å². The molecular formula is C21H21N3O. The fraction of sp³-hybridized carbons (Fsp3) is 0.333. The summed E-state index contributed by atoms with van der Waals surface area (Å²) in [7, 11) is 1.97. The number of benzene rings is 2. The lowest BCUT2D eigenvalue weighted by Gasteiger charge is -2.38. The van der Waals surface area contributed by atoms with Gasteiger partial charge < -0.3 is 9.47 Å². The summed E-state index contributed by atoms with van der Waals surface area (Å²) >= 11 is 0. The molecule has 1 saturated heterocycles. The number of aryl methyl sites for hydroxylation is 1. The highest BCUT2D eigenvalue weighted by Gasteiger charge is 2.40. The number of carbonyl (C=O) groups excluding carboxylic acids is 1. The van der Waals surface area contributed by atoms with Crippen LogP contribution < -0.4 is 0 Å². The third-order valence-corrected chi connectivity index (χ3v) is 5.90. The Balaban J connectivity index is 1.48. The Morgan fingerprint density at radius 3 is 3.00 bits per heavy atom. The van der Waals surface area contributed by atoms with Gasteiger partial charge in [-0.2, -0.15) is 0 Å². The summed E-state index contributed by atoms with van der Waals surface area (Å²) in [6.07, 6.45) is 5.04. The van der Waals surface area contributed by atoms with Gasteiger partial charge in [0.05, 0.1) is 17.4 Å². The topological polar surface area (TPSA) is 38.1 Å². The summed E-state index contributed by atoms with van der Waals surface area (Å²) in [6, 6.07) is 14.9. The number of fused-ring (bicyclic) bond motifs is 4. The van der Waals surface area contributed by atoms with Gasteiger partial charge in [0.15, 0.2) is 0 Å². The molecule has 1 aliphatic carbocycles. The van der Waals surface area contributed by atoms with E-state index in [0.717, 1.165) is 36.0 Å². The van der Waals surface area contributed by atoms with Crippen molar-refractivity contribution in [2.45, 2.75) is 31.2 Å². The summed E-state index contributed by atoms with van der Waals surface area (Å²) in [5, 5.41) is 0. The van der Waals surface area contributed by atoms with Crippen molar-refractivity contribution in [2.24, 2.45) is 7.05 Å². The van der Waals surface area contributed by atoms with Crippen LogP contribution in [0.5, 0.6) is 0 Å². The monoisotopic (exact) mass is 331 g/mol. The van der Waals surface area contributed by atoms with Crippen LogP contribution in [0.3, 0.4) is 0 Å². The summed E-state index contributed by atoms with van der Waals surface area (Å²) in [4.78, 5) is 19.7. The molecule has 0 bridgehead atoms. The van der Waals surface area contributed by atoms with Crippen LogP contribution in [0.25, 0.3) is 11.0 Å². The predicted octanol–water partition coefficient (Wildman–Crippen LogP) is 3.52. The van der Waals surface area contributed by atoms with Gasteiger partial charge in [0, 0.05) is 31.1 Å². The average molecular weight is 331 g/mol. The Labute approximate surface area is 147 Å². The largest absolute Gasteiger partial charge is 0.335 e. The van der Waals surface area contributed by atoms with Crippen LogP contribution in [0.2, 0.25) is 0 Å². The van der Waals surface area contributed by atoms with Crippen molar-refractivity contribution in [1.82, 2.24) is 14.5 Å². The van der Waals surface area contributed by atoms with E-state index in [9.17, 15) is 4.79 Å². The summed E-state index contributed by atoms with van der Waals surface area (Å²) in [5.74, 6) is 0.641. The number of hydrogen-bond donors (Lipinski definition) is 0. The Bertz CT molecular complexity index is 974. The van der Waals surface area contributed by atoms with E-state index in [1.807, 2.05) is 29.8 Å².